The van der Waals surface area contributed by atoms with Crippen LogP contribution in [0.5, 0.6) is 0 Å². The Labute approximate surface area is 102 Å². The number of hydrogen-bond acceptors (Lipinski definition) is 2. The molecule has 0 aliphatic carbocycles. The van der Waals surface area contributed by atoms with E-state index in [0.29, 0.717) is 6.54 Å². The summed E-state index contributed by atoms with van der Waals surface area (Å²) in [5, 5.41) is 4.74. The molecule has 0 spiro atoms. The highest BCUT2D eigenvalue weighted by Crippen LogP contribution is 2.30. The Morgan fingerprint density at radius 2 is 2.00 bits per heavy atom. The predicted octanol–water partition coefficient (Wildman–Crippen LogP) is 2.03. The summed E-state index contributed by atoms with van der Waals surface area (Å²) in [6, 6.07) is 4.66. The van der Waals surface area contributed by atoms with Crippen LogP contribution in [0.25, 0.3) is 10.9 Å². The first-order valence-electron chi connectivity index (χ1n) is 6.30. The highest BCUT2D eigenvalue weighted by atomic mass is 15.0. The number of nitrogens with one attached hydrogen (secondary N) is 1. The maximum Gasteiger partial charge on any atom is 0.0489 e. The molecule has 3 heteroatoms. The van der Waals surface area contributed by atoms with Crippen LogP contribution in [0.4, 0.5) is 0 Å². The molecule has 3 N–H and O–H groups in total. The Morgan fingerprint density at radius 3 is 2.65 bits per heavy atom. The number of aryl methyl sites for hydroxylation is 1. The van der Waals surface area contributed by atoms with Crippen LogP contribution in [0.2, 0.25) is 0 Å². The summed E-state index contributed by atoms with van der Waals surface area (Å²) >= 11 is 0. The summed E-state index contributed by atoms with van der Waals surface area (Å²) in [5.74, 6) is 0. The van der Waals surface area contributed by atoms with Gasteiger partial charge in [-0.2, -0.15) is 0 Å². The van der Waals surface area contributed by atoms with Crippen molar-refractivity contribution in [1.82, 2.24) is 9.88 Å². The molecule has 0 radical (unpaired) electrons. The van der Waals surface area contributed by atoms with Gasteiger partial charge in [-0.1, -0.05) is 0 Å². The lowest BCUT2D eigenvalue weighted by atomic mass is 10.0. The van der Waals surface area contributed by atoms with Crippen LogP contribution >= 0.6 is 0 Å². The van der Waals surface area contributed by atoms with Gasteiger partial charge in [0.25, 0.3) is 0 Å². The van der Waals surface area contributed by atoms with Gasteiger partial charge in [-0.15, -0.1) is 0 Å². The molecule has 0 atom stereocenters. The third kappa shape index (κ3) is 1.43. The molecule has 2 heterocycles. The van der Waals surface area contributed by atoms with Crippen molar-refractivity contribution in [1.29, 1.82) is 0 Å². The molecule has 90 valence electrons. The van der Waals surface area contributed by atoms with Gasteiger partial charge in [-0.3, -0.25) is 0 Å². The van der Waals surface area contributed by atoms with E-state index >= 15 is 0 Å². The van der Waals surface area contributed by atoms with Crippen molar-refractivity contribution in [2.75, 3.05) is 0 Å². The molecule has 3 nitrogen and oxygen atoms in total. The third-order valence-electron chi connectivity index (χ3n) is 3.93. The van der Waals surface area contributed by atoms with E-state index in [2.05, 4.69) is 35.9 Å². The fourth-order valence-electron chi connectivity index (χ4n) is 3.01. The van der Waals surface area contributed by atoms with Gasteiger partial charge in [0.05, 0.1) is 0 Å². The van der Waals surface area contributed by atoms with Crippen LogP contribution in [0.15, 0.2) is 12.1 Å². The first kappa shape index (κ1) is 10.8. The molecule has 0 unspecified atom stereocenters. The number of nitrogens with zero attached hydrogens (tertiary/aromatic N) is 1. The minimum Gasteiger partial charge on any atom is -0.345 e. The van der Waals surface area contributed by atoms with Crippen LogP contribution in [0.3, 0.4) is 0 Å². The number of aromatic nitrogens is 1. The molecule has 0 saturated heterocycles. The lowest BCUT2D eigenvalue weighted by molar-refractivity contribution is 0.757. The standard InChI is InChI=1S/C14H19N3/c1-3-17-9(2)13(6-15)12-4-10-7-16-8-11(10)5-14(12)17/h4-5,16H,3,6-8,15H2,1-2H3. The molecule has 0 fully saturated rings. The highest BCUT2D eigenvalue weighted by Gasteiger charge is 2.17. The highest BCUT2D eigenvalue weighted by molar-refractivity contribution is 5.87. The van der Waals surface area contributed by atoms with Gasteiger partial charge >= 0.3 is 0 Å². The fraction of sp³-hybridized carbons (Fsp3) is 0.429. The second kappa shape index (κ2) is 3.86. The van der Waals surface area contributed by atoms with Crippen molar-refractivity contribution in [2.24, 2.45) is 5.73 Å². The Bertz CT molecular complexity index is 532. The van der Waals surface area contributed by atoms with Crippen molar-refractivity contribution in [3.63, 3.8) is 0 Å². The second-order valence-electron chi connectivity index (χ2n) is 4.75. The maximum atomic E-state index is 5.90. The molecule has 17 heavy (non-hydrogen) atoms. The van der Waals surface area contributed by atoms with Crippen molar-refractivity contribution >= 4 is 10.9 Å². The number of nitrogens with two attached hydrogens (primary N) is 1. The first-order chi connectivity index (χ1) is 8.26. The third-order valence-corrected chi connectivity index (χ3v) is 3.93. The number of rotatable bonds is 2. The zero-order valence-corrected chi connectivity index (χ0v) is 10.5. The lowest BCUT2D eigenvalue weighted by Gasteiger charge is -2.05. The van der Waals surface area contributed by atoms with Crippen LogP contribution in [0.1, 0.15) is 29.3 Å². The van der Waals surface area contributed by atoms with E-state index in [1.165, 1.54) is 33.3 Å². The van der Waals surface area contributed by atoms with Gasteiger partial charge < -0.3 is 15.6 Å². The van der Waals surface area contributed by atoms with Gasteiger partial charge in [-0.05, 0) is 42.7 Å². The minimum atomic E-state index is 0.627. The summed E-state index contributed by atoms with van der Waals surface area (Å²) in [5.41, 5.74) is 12.7. The number of fused-ring (bicyclic) bond motifs is 2. The van der Waals surface area contributed by atoms with E-state index in [-0.39, 0.29) is 0 Å². The summed E-state index contributed by atoms with van der Waals surface area (Å²) in [6.45, 7) is 7.99. The Kier molecular flexibility index (Phi) is 2.45. The molecule has 0 bridgehead atoms. The van der Waals surface area contributed by atoms with Crippen LogP contribution < -0.4 is 11.1 Å². The van der Waals surface area contributed by atoms with Gasteiger partial charge in [0, 0.05) is 42.8 Å². The van der Waals surface area contributed by atoms with Crippen molar-refractivity contribution in [3.05, 3.63) is 34.5 Å². The van der Waals surface area contributed by atoms with Gasteiger partial charge in [-0.25, -0.2) is 0 Å². The van der Waals surface area contributed by atoms with E-state index in [1.807, 2.05) is 0 Å². The molecule has 0 saturated carbocycles. The second-order valence-corrected chi connectivity index (χ2v) is 4.75. The van der Waals surface area contributed by atoms with Crippen molar-refractivity contribution in [2.45, 2.75) is 40.0 Å². The number of benzene rings is 1. The van der Waals surface area contributed by atoms with E-state index in [9.17, 15) is 0 Å². The molecule has 1 aliphatic rings. The van der Waals surface area contributed by atoms with E-state index in [1.54, 1.807) is 0 Å². The average molecular weight is 229 g/mol. The molecular weight excluding hydrogens is 210 g/mol. The largest absolute Gasteiger partial charge is 0.345 e. The lowest BCUT2D eigenvalue weighted by Crippen LogP contribution is -2.01. The molecule has 2 aromatic rings. The van der Waals surface area contributed by atoms with Crippen LogP contribution in [-0.2, 0) is 26.2 Å². The summed E-state index contributed by atoms with van der Waals surface area (Å²) < 4.78 is 2.37. The van der Waals surface area contributed by atoms with Crippen LogP contribution in [0, 0.1) is 6.92 Å². The molecule has 1 aromatic carbocycles. The fourth-order valence-corrected chi connectivity index (χ4v) is 3.01. The van der Waals surface area contributed by atoms with Gasteiger partial charge in [0.1, 0.15) is 0 Å². The quantitative estimate of drug-likeness (QED) is 0.827. The molecule has 1 aliphatic heterocycles. The van der Waals surface area contributed by atoms with Crippen LogP contribution in [-0.4, -0.2) is 4.57 Å². The number of hydrogen-bond donors (Lipinski definition) is 2. The van der Waals surface area contributed by atoms with Crippen molar-refractivity contribution in [3.8, 4) is 0 Å². The van der Waals surface area contributed by atoms with E-state index in [4.69, 9.17) is 5.73 Å². The molecular formula is C14H19N3. The minimum absolute atomic E-state index is 0.627. The Hall–Kier alpha value is -1.32. The summed E-state index contributed by atoms with van der Waals surface area (Å²) in [7, 11) is 0. The summed E-state index contributed by atoms with van der Waals surface area (Å²) in [6.07, 6.45) is 0. The smallest absolute Gasteiger partial charge is 0.0489 e. The molecule has 1 aromatic heterocycles. The molecule has 0 amide bonds. The monoisotopic (exact) mass is 229 g/mol. The Balaban J connectivity index is 2.37. The zero-order valence-electron chi connectivity index (χ0n) is 10.5. The SMILES string of the molecule is CCn1c(C)c(CN)c2cc3c(cc21)CNC3. The summed E-state index contributed by atoms with van der Waals surface area (Å²) in [4.78, 5) is 0. The molecule has 3 rings (SSSR count). The first-order valence-corrected chi connectivity index (χ1v) is 6.30. The van der Waals surface area contributed by atoms with E-state index < -0.39 is 0 Å². The predicted molar refractivity (Wildman–Crippen MR) is 70.8 cm³/mol. The Morgan fingerprint density at radius 1 is 1.29 bits per heavy atom. The topological polar surface area (TPSA) is 43.0 Å². The van der Waals surface area contributed by atoms with E-state index in [0.717, 1.165) is 19.6 Å². The van der Waals surface area contributed by atoms with Crippen molar-refractivity contribution < 1.29 is 0 Å². The van der Waals surface area contributed by atoms with Gasteiger partial charge in [0.15, 0.2) is 0 Å². The normalized spacial score (nSPS) is 14.5. The van der Waals surface area contributed by atoms with Gasteiger partial charge in [0.2, 0.25) is 0 Å². The maximum absolute atomic E-state index is 5.90. The zero-order chi connectivity index (χ0) is 12.0. The average Bonchev–Trinajstić information content (AvgIpc) is 2.87.